The third-order valence-electron chi connectivity index (χ3n) is 13.7. The summed E-state index contributed by atoms with van der Waals surface area (Å²) < 4.78 is 16.6. The fraction of sp³-hybridized carbons (Fsp3) is 0.833. The number of nitrogens with one attached hydrogen (secondary N) is 1. The molecule has 0 radical (unpaired) electrons. The van der Waals surface area contributed by atoms with Crippen molar-refractivity contribution < 1.29 is 49.3 Å². The monoisotopic (exact) mass is 1000 g/mol. The zero-order chi connectivity index (χ0) is 51.7. The van der Waals surface area contributed by atoms with Crippen LogP contribution in [-0.4, -0.2) is 100 Å². The second-order valence-electron chi connectivity index (χ2n) is 20.3. The van der Waals surface area contributed by atoms with Crippen LogP contribution in [0.25, 0.3) is 0 Å². The van der Waals surface area contributed by atoms with E-state index in [4.69, 9.17) is 14.2 Å². The number of unbranched alkanes of at least 4 members (excludes halogenated alkanes) is 31. The largest absolute Gasteiger partial charge is 0.466 e. The van der Waals surface area contributed by atoms with Crippen molar-refractivity contribution in [3.8, 4) is 0 Å². The minimum Gasteiger partial charge on any atom is -0.466 e. The number of hydrogen-bond acceptors (Lipinski definition) is 10. The van der Waals surface area contributed by atoms with E-state index in [9.17, 15) is 35.1 Å². The van der Waals surface area contributed by atoms with Crippen LogP contribution in [0.4, 0.5) is 0 Å². The first-order valence-corrected chi connectivity index (χ1v) is 29.4. The molecule has 0 aromatic carbocycles. The second kappa shape index (κ2) is 49.8. The van der Waals surface area contributed by atoms with Gasteiger partial charge in [-0.15, -0.1) is 0 Å². The average molecular weight is 1000 g/mol. The number of carbonyl (C=O) groups excluding carboxylic acids is 2. The minimum atomic E-state index is -1.58. The number of rotatable bonds is 50. The van der Waals surface area contributed by atoms with Crippen molar-refractivity contribution in [1.29, 1.82) is 0 Å². The van der Waals surface area contributed by atoms with Crippen LogP contribution in [0.15, 0.2) is 48.6 Å². The van der Waals surface area contributed by atoms with Gasteiger partial charge in [0.1, 0.15) is 24.4 Å². The molecule has 1 aliphatic heterocycles. The first-order chi connectivity index (χ1) is 34.7. The molecule has 1 heterocycles. The van der Waals surface area contributed by atoms with Crippen molar-refractivity contribution in [3.63, 3.8) is 0 Å². The fourth-order valence-corrected chi connectivity index (χ4v) is 9.06. The molecular formula is C60H109NO10. The second-order valence-corrected chi connectivity index (χ2v) is 20.3. The van der Waals surface area contributed by atoms with E-state index >= 15 is 0 Å². The Morgan fingerprint density at radius 3 is 1.48 bits per heavy atom. The number of amides is 1. The molecule has 0 aromatic rings. The van der Waals surface area contributed by atoms with Gasteiger partial charge in [0.2, 0.25) is 5.91 Å². The Bertz CT molecular complexity index is 1320. The number of esters is 1. The maximum absolute atomic E-state index is 13.0. The van der Waals surface area contributed by atoms with Crippen LogP contribution in [0.3, 0.4) is 0 Å². The lowest BCUT2D eigenvalue weighted by atomic mass is 9.99. The molecule has 7 atom stereocenters. The Hall–Kier alpha value is -2.38. The third kappa shape index (κ3) is 39.7. The summed E-state index contributed by atoms with van der Waals surface area (Å²) in [7, 11) is 0. The van der Waals surface area contributed by atoms with Gasteiger partial charge in [0.05, 0.1) is 32.0 Å². The topological polar surface area (TPSA) is 175 Å². The number of carbonyl (C=O) groups is 2. The molecule has 11 nitrogen and oxygen atoms in total. The van der Waals surface area contributed by atoms with Crippen molar-refractivity contribution in [2.24, 2.45) is 0 Å². The SMILES string of the molecule is C/C=C/CC/C=C/CC/C=C/C(O)C(COC1OC(CO)C(O)C(O)C1O)NC(=O)CCCCCCCCC/C=C\CCCCCCCCCCCOC(=O)CCCCCCCCCCCCCCCC. The van der Waals surface area contributed by atoms with E-state index in [2.05, 4.69) is 42.6 Å². The van der Waals surface area contributed by atoms with Gasteiger partial charge in [0, 0.05) is 12.8 Å². The van der Waals surface area contributed by atoms with E-state index < -0.39 is 49.5 Å². The maximum atomic E-state index is 13.0. The number of aliphatic hydroxyl groups is 5. The van der Waals surface area contributed by atoms with Crippen LogP contribution >= 0.6 is 0 Å². The van der Waals surface area contributed by atoms with Gasteiger partial charge in [0.15, 0.2) is 6.29 Å². The molecule has 71 heavy (non-hydrogen) atoms. The van der Waals surface area contributed by atoms with Gasteiger partial charge in [-0.1, -0.05) is 216 Å². The normalized spacial score (nSPS) is 19.5. The van der Waals surface area contributed by atoms with Crippen LogP contribution < -0.4 is 5.32 Å². The molecule has 1 rings (SSSR count). The molecule has 414 valence electrons. The maximum Gasteiger partial charge on any atom is 0.305 e. The Kier molecular flexibility index (Phi) is 46.7. The average Bonchev–Trinajstić information content (AvgIpc) is 3.37. The van der Waals surface area contributed by atoms with E-state index in [0.29, 0.717) is 25.9 Å². The van der Waals surface area contributed by atoms with Gasteiger partial charge >= 0.3 is 5.97 Å². The highest BCUT2D eigenvalue weighted by molar-refractivity contribution is 5.76. The van der Waals surface area contributed by atoms with Gasteiger partial charge in [-0.3, -0.25) is 9.59 Å². The fourth-order valence-electron chi connectivity index (χ4n) is 9.06. The smallest absolute Gasteiger partial charge is 0.305 e. The molecule has 1 saturated heterocycles. The number of ether oxygens (including phenoxy) is 3. The van der Waals surface area contributed by atoms with Crippen LogP contribution in [-0.2, 0) is 23.8 Å². The zero-order valence-corrected chi connectivity index (χ0v) is 45.4. The van der Waals surface area contributed by atoms with Crippen LogP contribution in [0.5, 0.6) is 0 Å². The highest BCUT2D eigenvalue weighted by Gasteiger charge is 2.44. The quantitative estimate of drug-likeness (QED) is 0.0195. The van der Waals surface area contributed by atoms with Crippen molar-refractivity contribution in [2.75, 3.05) is 19.8 Å². The standard InChI is InChI=1S/C60H109NO10/c1-3-5-7-9-11-13-14-15-25-28-32-36-40-44-48-56(65)69-49-45-41-37-33-29-26-23-21-19-17-16-18-20-22-24-27-31-35-39-43-47-55(64)61-52(53(63)46-42-38-34-30-12-10-8-6-4-2)51-70-60-59(68)58(67)57(66)54(50-62)71-60/h4,6,12,16,18,30,42,46,52-54,57-60,62-63,66-68H,3,5,7-11,13-15,17,19-29,31-41,43-45,47-51H2,1-2H3,(H,61,64)/b6-4+,18-16-,30-12+,46-42+. The highest BCUT2D eigenvalue weighted by atomic mass is 16.7. The lowest BCUT2D eigenvalue weighted by Gasteiger charge is -2.40. The van der Waals surface area contributed by atoms with Crippen LogP contribution in [0.2, 0.25) is 0 Å². The van der Waals surface area contributed by atoms with Gasteiger partial charge in [-0.05, 0) is 77.6 Å². The highest BCUT2D eigenvalue weighted by Crippen LogP contribution is 2.23. The van der Waals surface area contributed by atoms with Crippen molar-refractivity contribution in [1.82, 2.24) is 5.32 Å². The van der Waals surface area contributed by atoms with E-state index in [-0.39, 0.29) is 18.5 Å². The molecule has 11 heteroatoms. The van der Waals surface area contributed by atoms with Crippen molar-refractivity contribution >= 4 is 11.9 Å². The van der Waals surface area contributed by atoms with E-state index in [1.165, 1.54) is 148 Å². The number of allylic oxidation sites excluding steroid dienone is 7. The first kappa shape index (κ1) is 66.6. The Labute approximate surface area is 434 Å². The summed E-state index contributed by atoms with van der Waals surface area (Å²) in [6.45, 7) is 4.07. The Morgan fingerprint density at radius 1 is 0.535 bits per heavy atom. The summed E-state index contributed by atoms with van der Waals surface area (Å²) in [4.78, 5) is 25.0. The predicted molar refractivity (Wildman–Crippen MR) is 292 cm³/mol. The summed E-state index contributed by atoms with van der Waals surface area (Å²) in [6, 6.07) is -0.840. The zero-order valence-electron chi connectivity index (χ0n) is 45.4. The van der Waals surface area contributed by atoms with E-state index in [1.807, 2.05) is 19.1 Å². The molecule has 1 aliphatic rings. The molecule has 7 unspecified atom stereocenters. The lowest BCUT2D eigenvalue weighted by molar-refractivity contribution is -0.302. The van der Waals surface area contributed by atoms with Crippen molar-refractivity contribution in [2.45, 2.75) is 301 Å². The molecule has 1 amide bonds. The Morgan fingerprint density at radius 2 is 0.972 bits per heavy atom. The summed E-state index contributed by atoms with van der Waals surface area (Å²) >= 11 is 0. The summed E-state index contributed by atoms with van der Waals surface area (Å²) in [6.07, 6.45) is 52.4. The minimum absolute atomic E-state index is 0.00712. The predicted octanol–water partition coefficient (Wildman–Crippen LogP) is 13.3. The molecule has 6 N–H and O–H groups in total. The first-order valence-electron chi connectivity index (χ1n) is 29.4. The number of aliphatic hydroxyl groups excluding tert-OH is 5. The molecule has 0 saturated carbocycles. The van der Waals surface area contributed by atoms with Crippen LogP contribution in [0, 0.1) is 0 Å². The molecule has 0 bridgehead atoms. The molecule has 0 spiro atoms. The van der Waals surface area contributed by atoms with Crippen molar-refractivity contribution in [3.05, 3.63) is 48.6 Å². The van der Waals surface area contributed by atoms with Gasteiger partial charge in [0.25, 0.3) is 0 Å². The van der Waals surface area contributed by atoms with Gasteiger partial charge in [-0.25, -0.2) is 0 Å². The summed E-state index contributed by atoms with van der Waals surface area (Å²) in [5.74, 6) is -0.216. The third-order valence-corrected chi connectivity index (χ3v) is 13.7. The van der Waals surface area contributed by atoms with Crippen LogP contribution in [0.1, 0.15) is 258 Å². The molecule has 0 aliphatic carbocycles. The number of hydrogen-bond donors (Lipinski definition) is 6. The van der Waals surface area contributed by atoms with Gasteiger partial charge < -0.3 is 45.1 Å². The molecule has 1 fully saturated rings. The molecule has 0 aromatic heterocycles. The summed E-state index contributed by atoms with van der Waals surface area (Å²) in [5, 5.41) is 54.1. The van der Waals surface area contributed by atoms with E-state index in [1.54, 1.807) is 6.08 Å². The Balaban J connectivity index is 2.03. The summed E-state index contributed by atoms with van der Waals surface area (Å²) in [5.41, 5.74) is 0. The molecular weight excluding hydrogens is 895 g/mol. The van der Waals surface area contributed by atoms with Gasteiger partial charge in [-0.2, -0.15) is 0 Å². The lowest BCUT2D eigenvalue weighted by Crippen LogP contribution is -2.60. The van der Waals surface area contributed by atoms with E-state index in [0.717, 1.165) is 77.0 Å².